The molecule has 0 aromatic carbocycles. The lowest BCUT2D eigenvalue weighted by Crippen LogP contribution is -2.53. The van der Waals surface area contributed by atoms with Gasteiger partial charge in [-0.3, -0.25) is 4.79 Å². The van der Waals surface area contributed by atoms with E-state index in [9.17, 15) is 9.59 Å². The van der Waals surface area contributed by atoms with Crippen molar-refractivity contribution in [2.75, 3.05) is 26.7 Å². The molecule has 2 rings (SSSR count). The van der Waals surface area contributed by atoms with E-state index in [1.54, 1.807) is 12.0 Å². The van der Waals surface area contributed by atoms with Gasteiger partial charge in [-0.25, -0.2) is 4.79 Å². The van der Waals surface area contributed by atoms with Crippen LogP contribution in [0, 0.1) is 5.41 Å². The van der Waals surface area contributed by atoms with Crippen LogP contribution in [0.3, 0.4) is 0 Å². The van der Waals surface area contributed by atoms with E-state index in [1.807, 2.05) is 6.92 Å². The molecule has 1 saturated heterocycles. The highest BCUT2D eigenvalue weighted by molar-refractivity contribution is 5.80. The van der Waals surface area contributed by atoms with Crippen molar-refractivity contribution in [2.45, 2.75) is 38.2 Å². The molecule has 1 aliphatic heterocycles. The second-order valence-electron chi connectivity index (χ2n) is 5.92. The normalized spacial score (nSPS) is 28.8. The van der Waals surface area contributed by atoms with Crippen molar-refractivity contribution in [3.8, 4) is 0 Å². The zero-order chi connectivity index (χ0) is 14.1. The van der Waals surface area contributed by atoms with Crippen LogP contribution < -0.4 is 5.32 Å². The number of carbonyl (C=O) groups excluding carboxylic acids is 1. The fourth-order valence-electron chi connectivity index (χ4n) is 2.52. The molecule has 2 amide bonds. The number of ether oxygens (including phenoxy) is 1. The molecule has 108 valence electrons. The van der Waals surface area contributed by atoms with Gasteiger partial charge in [0.15, 0.2) is 0 Å². The SMILES string of the molecule is COC1(C)CCCN(C(=O)NCC2(C(=O)O)CC2)C1. The van der Waals surface area contributed by atoms with Gasteiger partial charge < -0.3 is 20.1 Å². The number of rotatable bonds is 4. The highest BCUT2D eigenvalue weighted by Gasteiger charge is 2.50. The monoisotopic (exact) mass is 270 g/mol. The Morgan fingerprint density at radius 3 is 2.58 bits per heavy atom. The van der Waals surface area contributed by atoms with Gasteiger partial charge in [-0.15, -0.1) is 0 Å². The van der Waals surface area contributed by atoms with E-state index in [2.05, 4.69) is 5.32 Å². The number of hydrogen-bond donors (Lipinski definition) is 2. The second kappa shape index (κ2) is 5.00. The Morgan fingerprint density at radius 1 is 1.37 bits per heavy atom. The van der Waals surface area contributed by atoms with Crippen molar-refractivity contribution >= 4 is 12.0 Å². The van der Waals surface area contributed by atoms with Gasteiger partial charge in [-0.1, -0.05) is 0 Å². The van der Waals surface area contributed by atoms with Crippen LogP contribution in [0.1, 0.15) is 32.6 Å². The summed E-state index contributed by atoms with van der Waals surface area (Å²) >= 11 is 0. The van der Waals surface area contributed by atoms with Crippen LogP contribution in [0.25, 0.3) is 0 Å². The van der Waals surface area contributed by atoms with Crippen molar-refractivity contribution in [1.82, 2.24) is 10.2 Å². The third-order valence-corrected chi connectivity index (χ3v) is 4.32. The number of carboxylic acid groups (broad SMARTS) is 1. The molecule has 19 heavy (non-hydrogen) atoms. The minimum atomic E-state index is -0.812. The molecule has 0 aromatic rings. The van der Waals surface area contributed by atoms with E-state index < -0.39 is 11.4 Å². The van der Waals surface area contributed by atoms with Crippen LogP contribution in [-0.4, -0.2) is 54.4 Å². The van der Waals surface area contributed by atoms with Crippen molar-refractivity contribution < 1.29 is 19.4 Å². The summed E-state index contributed by atoms with van der Waals surface area (Å²) in [5, 5.41) is 11.8. The fraction of sp³-hybridized carbons (Fsp3) is 0.846. The van der Waals surface area contributed by atoms with E-state index >= 15 is 0 Å². The maximum absolute atomic E-state index is 12.1. The topological polar surface area (TPSA) is 78.9 Å². The first-order chi connectivity index (χ1) is 8.91. The maximum Gasteiger partial charge on any atom is 0.317 e. The third-order valence-electron chi connectivity index (χ3n) is 4.32. The summed E-state index contributed by atoms with van der Waals surface area (Å²) in [6.45, 7) is 3.47. The summed E-state index contributed by atoms with van der Waals surface area (Å²) in [5.74, 6) is -0.812. The molecule has 1 unspecified atom stereocenters. The fourth-order valence-corrected chi connectivity index (χ4v) is 2.52. The molecular weight excluding hydrogens is 248 g/mol. The summed E-state index contributed by atoms with van der Waals surface area (Å²) in [4.78, 5) is 24.8. The smallest absolute Gasteiger partial charge is 0.317 e. The molecule has 0 bridgehead atoms. The Morgan fingerprint density at radius 2 is 2.05 bits per heavy atom. The van der Waals surface area contributed by atoms with E-state index in [4.69, 9.17) is 9.84 Å². The Balaban J connectivity index is 1.85. The van der Waals surface area contributed by atoms with E-state index in [-0.39, 0.29) is 18.2 Å². The van der Waals surface area contributed by atoms with Gasteiger partial charge in [-0.05, 0) is 32.6 Å². The molecule has 0 radical (unpaired) electrons. The molecular formula is C13H22N2O4. The van der Waals surface area contributed by atoms with Crippen LogP contribution >= 0.6 is 0 Å². The number of carbonyl (C=O) groups is 2. The molecule has 1 aliphatic carbocycles. The Kier molecular flexibility index (Phi) is 3.71. The van der Waals surface area contributed by atoms with Crippen molar-refractivity contribution in [2.24, 2.45) is 5.41 Å². The van der Waals surface area contributed by atoms with E-state index in [0.717, 1.165) is 12.8 Å². The van der Waals surface area contributed by atoms with Crippen molar-refractivity contribution in [3.63, 3.8) is 0 Å². The standard InChI is InChI=1S/C13H22N2O4/c1-12(19-2)4-3-7-15(9-12)11(18)14-8-13(5-6-13)10(16)17/h3-9H2,1-2H3,(H,14,18)(H,16,17). The summed E-state index contributed by atoms with van der Waals surface area (Å²) in [5.41, 5.74) is -1.00. The van der Waals surface area contributed by atoms with Gasteiger partial charge in [0.1, 0.15) is 0 Å². The third kappa shape index (κ3) is 3.00. The largest absolute Gasteiger partial charge is 0.481 e. The van der Waals surface area contributed by atoms with Gasteiger partial charge in [0, 0.05) is 20.2 Å². The van der Waals surface area contributed by atoms with Crippen LogP contribution in [0.15, 0.2) is 0 Å². The molecule has 1 saturated carbocycles. The maximum atomic E-state index is 12.1. The van der Waals surface area contributed by atoms with Crippen LogP contribution in [0.4, 0.5) is 4.79 Å². The highest BCUT2D eigenvalue weighted by Crippen LogP contribution is 2.45. The minimum absolute atomic E-state index is 0.185. The number of piperidine rings is 1. The molecule has 1 atom stereocenters. The average molecular weight is 270 g/mol. The summed E-state index contributed by atoms with van der Waals surface area (Å²) in [7, 11) is 1.66. The predicted octanol–water partition coefficient (Wildman–Crippen LogP) is 1.06. The molecule has 2 aliphatic rings. The number of methoxy groups -OCH3 is 1. The zero-order valence-electron chi connectivity index (χ0n) is 11.6. The Hall–Kier alpha value is -1.30. The number of carboxylic acids is 1. The number of likely N-dealkylation sites (tertiary alicyclic amines) is 1. The van der Waals surface area contributed by atoms with Gasteiger partial charge in [0.2, 0.25) is 0 Å². The lowest BCUT2D eigenvalue weighted by atomic mass is 9.95. The first-order valence-electron chi connectivity index (χ1n) is 6.72. The molecule has 0 aromatic heterocycles. The molecule has 2 fully saturated rings. The van der Waals surface area contributed by atoms with Gasteiger partial charge >= 0.3 is 12.0 Å². The van der Waals surface area contributed by atoms with Crippen molar-refractivity contribution in [3.05, 3.63) is 0 Å². The number of aliphatic carboxylic acids is 1. The van der Waals surface area contributed by atoms with E-state index in [1.165, 1.54) is 0 Å². The van der Waals surface area contributed by atoms with E-state index in [0.29, 0.717) is 25.9 Å². The Labute approximate surface area is 113 Å². The van der Waals surface area contributed by atoms with Crippen molar-refractivity contribution in [1.29, 1.82) is 0 Å². The van der Waals surface area contributed by atoms with Gasteiger partial charge in [-0.2, -0.15) is 0 Å². The van der Waals surface area contributed by atoms with Gasteiger partial charge in [0.05, 0.1) is 17.6 Å². The first kappa shape index (κ1) is 14.1. The van der Waals surface area contributed by atoms with Crippen LogP contribution in [0.5, 0.6) is 0 Å². The number of nitrogens with zero attached hydrogens (tertiary/aromatic N) is 1. The number of urea groups is 1. The number of amides is 2. The second-order valence-corrected chi connectivity index (χ2v) is 5.92. The highest BCUT2D eigenvalue weighted by atomic mass is 16.5. The van der Waals surface area contributed by atoms with Crippen LogP contribution in [0.2, 0.25) is 0 Å². The summed E-state index contributed by atoms with van der Waals surface area (Å²) in [6, 6.07) is -0.185. The predicted molar refractivity (Wildman–Crippen MR) is 68.9 cm³/mol. The van der Waals surface area contributed by atoms with Gasteiger partial charge in [0.25, 0.3) is 0 Å². The molecule has 6 heteroatoms. The molecule has 6 nitrogen and oxygen atoms in total. The quantitative estimate of drug-likeness (QED) is 0.800. The molecule has 1 heterocycles. The Bertz CT molecular complexity index is 381. The average Bonchev–Trinajstić information content (AvgIpc) is 3.17. The lowest BCUT2D eigenvalue weighted by Gasteiger charge is -2.39. The minimum Gasteiger partial charge on any atom is -0.481 e. The lowest BCUT2D eigenvalue weighted by molar-refractivity contribution is -0.143. The van der Waals surface area contributed by atoms with Crippen LogP contribution in [-0.2, 0) is 9.53 Å². The molecule has 2 N–H and O–H groups in total. The zero-order valence-corrected chi connectivity index (χ0v) is 11.6. The number of hydrogen-bond acceptors (Lipinski definition) is 3. The molecule has 0 spiro atoms. The summed E-state index contributed by atoms with van der Waals surface area (Å²) in [6.07, 6.45) is 3.14. The first-order valence-corrected chi connectivity index (χ1v) is 6.72. The number of nitrogens with one attached hydrogen (secondary N) is 1. The summed E-state index contributed by atoms with van der Waals surface area (Å²) < 4.78 is 5.44.